The Morgan fingerprint density at radius 1 is 1.30 bits per heavy atom. The minimum Gasteiger partial charge on any atom is -0.478 e. The van der Waals surface area contributed by atoms with Crippen LogP contribution in [-0.2, 0) is 14.8 Å². The average Bonchev–Trinajstić information content (AvgIpc) is 2.46. The van der Waals surface area contributed by atoms with Gasteiger partial charge in [-0.2, -0.15) is 0 Å². The molecule has 23 heavy (non-hydrogen) atoms. The molecule has 1 aromatic carbocycles. The molecule has 0 spiro atoms. The van der Waals surface area contributed by atoms with Crippen molar-refractivity contribution in [2.75, 3.05) is 32.1 Å². The van der Waals surface area contributed by atoms with Gasteiger partial charge in [-0.15, -0.1) is 0 Å². The van der Waals surface area contributed by atoms with Crippen LogP contribution in [-0.4, -0.2) is 46.3 Å². The molecule has 0 atom stereocenters. The fourth-order valence-corrected chi connectivity index (χ4v) is 3.13. The van der Waals surface area contributed by atoms with Gasteiger partial charge >= 0.3 is 5.97 Å². The summed E-state index contributed by atoms with van der Waals surface area (Å²) in [7, 11) is -2.25. The van der Waals surface area contributed by atoms with Crippen LogP contribution in [0.15, 0.2) is 23.1 Å². The standard InChI is InChI=1S/C15H24N2O5S/c1-11(2)6-7-17-23(20,21)14-10-12(15(18)19)4-5-13(14)16-8-9-22-3/h4-5,10-11,16-17H,6-9H2,1-3H3,(H,18,19). The number of aromatic carboxylic acids is 1. The number of carboxylic acid groups (broad SMARTS) is 1. The van der Waals surface area contributed by atoms with Gasteiger partial charge in [0.15, 0.2) is 0 Å². The van der Waals surface area contributed by atoms with E-state index < -0.39 is 16.0 Å². The molecule has 1 rings (SSSR count). The van der Waals surface area contributed by atoms with Crippen LogP contribution in [0.1, 0.15) is 30.6 Å². The number of carbonyl (C=O) groups is 1. The van der Waals surface area contributed by atoms with E-state index in [0.717, 1.165) is 6.07 Å². The molecule has 0 unspecified atom stereocenters. The highest BCUT2D eigenvalue weighted by molar-refractivity contribution is 7.89. The summed E-state index contributed by atoms with van der Waals surface area (Å²) in [5.74, 6) is -0.811. The van der Waals surface area contributed by atoms with Crippen LogP contribution in [0.4, 0.5) is 5.69 Å². The first-order chi connectivity index (χ1) is 10.8. The lowest BCUT2D eigenvalue weighted by molar-refractivity contribution is 0.0696. The van der Waals surface area contributed by atoms with Gasteiger partial charge in [-0.1, -0.05) is 13.8 Å². The molecule has 0 aliphatic carbocycles. The van der Waals surface area contributed by atoms with E-state index in [0.29, 0.717) is 37.7 Å². The Morgan fingerprint density at radius 3 is 2.57 bits per heavy atom. The predicted molar refractivity (Wildman–Crippen MR) is 88.4 cm³/mol. The number of rotatable bonds is 10. The number of nitrogens with one attached hydrogen (secondary N) is 2. The topological polar surface area (TPSA) is 105 Å². The van der Waals surface area contributed by atoms with Gasteiger partial charge in [0.05, 0.1) is 17.9 Å². The monoisotopic (exact) mass is 344 g/mol. The molecule has 0 aliphatic rings. The highest BCUT2D eigenvalue weighted by Crippen LogP contribution is 2.23. The Balaban J connectivity index is 3.06. The second kappa shape index (κ2) is 8.85. The summed E-state index contributed by atoms with van der Waals surface area (Å²) in [5.41, 5.74) is 0.274. The summed E-state index contributed by atoms with van der Waals surface area (Å²) >= 11 is 0. The van der Waals surface area contributed by atoms with Crippen molar-refractivity contribution in [1.82, 2.24) is 4.72 Å². The molecule has 7 nitrogen and oxygen atoms in total. The second-order valence-corrected chi connectivity index (χ2v) is 7.25. The summed E-state index contributed by atoms with van der Waals surface area (Å²) < 4.78 is 32.4. The van der Waals surface area contributed by atoms with Crippen molar-refractivity contribution in [3.63, 3.8) is 0 Å². The van der Waals surface area contributed by atoms with E-state index >= 15 is 0 Å². The number of carboxylic acids is 1. The molecule has 8 heteroatoms. The molecule has 130 valence electrons. The van der Waals surface area contributed by atoms with Gasteiger partial charge in [-0.3, -0.25) is 0 Å². The zero-order valence-corrected chi connectivity index (χ0v) is 14.4. The fraction of sp³-hybridized carbons (Fsp3) is 0.533. The molecule has 0 heterocycles. The van der Waals surface area contributed by atoms with E-state index in [9.17, 15) is 13.2 Å². The lowest BCUT2D eigenvalue weighted by Crippen LogP contribution is -2.27. The second-order valence-electron chi connectivity index (χ2n) is 5.52. The van der Waals surface area contributed by atoms with Crippen molar-refractivity contribution < 1.29 is 23.1 Å². The molecule has 0 saturated heterocycles. The highest BCUT2D eigenvalue weighted by atomic mass is 32.2. The van der Waals surface area contributed by atoms with Gasteiger partial charge in [-0.05, 0) is 30.5 Å². The zero-order valence-electron chi connectivity index (χ0n) is 13.6. The van der Waals surface area contributed by atoms with E-state index in [1.807, 2.05) is 13.8 Å². The smallest absolute Gasteiger partial charge is 0.335 e. The van der Waals surface area contributed by atoms with Gasteiger partial charge in [0, 0.05) is 20.2 Å². The van der Waals surface area contributed by atoms with Gasteiger partial charge in [-0.25, -0.2) is 17.9 Å². The zero-order chi connectivity index (χ0) is 17.5. The molecule has 0 radical (unpaired) electrons. The molecule has 0 amide bonds. The van der Waals surface area contributed by atoms with Crippen LogP contribution >= 0.6 is 0 Å². The molecule has 0 fully saturated rings. The Hall–Kier alpha value is -1.64. The third kappa shape index (κ3) is 6.17. The average molecular weight is 344 g/mol. The number of methoxy groups -OCH3 is 1. The summed E-state index contributed by atoms with van der Waals surface area (Å²) in [6, 6.07) is 3.98. The lowest BCUT2D eigenvalue weighted by Gasteiger charge is -2.14. The van der Waals surface area contributed by atoms with Crippen LogP contribution < -0.4 is 10.0 Å². The van der Waals surface area contributed by atoms with Crippen LogP contribution in [0.2, 0.25) is 0 Å². The van der Waals surface area contributed by atoms with Crippen molar-refractivity contribution in [2.24, 2.45) is 5.92 Å². The quantitative estimate of drug-likeness (QED) is 0.559. The third-order valence-corrected chi connectivity index (χ3v) is 4.65. The van der Waals surface area contributed by atoms with Crippen molar-refractivity contribution in [2.45, 2.75) is 25.2 Å². The first-order valence-corrected chi connectivity index (χ1v) is 8.86. The molecule has 1 aromatic rings. The number of benzene rings is 1. The number of ether oxygens (including phenoxy) is 1. The van der Waals surface area contributed by atoms with Crippen molar-refractivity contribution >= 4 is 21.7 Å². The third-order valence-electron chi connectivity index (χ3n) is 3.15. The Bertz CT molecular complexity index is 629. The van der Waals surface area contributed by atoms with Crippen LogP contribution in [0, 0.1) is 5.92 Å². The molecule has 0 aromatic heterocycles. The van der Waals surface area contributed by atoms with E-state index in [1.54, 1.807) is 7.11 Å². The van der Waals surface area contributed by atoms with Crippen molar-refractivity contribution in [3.05, 3.63) is 23.8 Å². The highest BCUT2D eigenvalue weighted by Gasteiger charge is 2.20. The normalized spacial score (nSPS) is 11.7. The Labute approximate surface area is 137 Å². The molecule has 0 bridgehead atoms. The van der Waals surface area contributed by atoms with Gasteiger partial charge < -0.3 is 15.2 Å². The van der Waals surface area contributed by atoms with Gasteiger partial charge in [0.25, 0.3) is 0 Å². The van der Waals surface area contributed by atoms with E-state index in [4.69, 9.17) is 9.84 Å². The van der Waals surface area contributed by atoms with Gasteiger partial charge in [0.1, 0.15) is 4.90 Å². The van der Waals surface area contributed by atoms with E-state index in [1.165, 1.54) is 12.1 Å². The minimum atomic E-state index is -3.80. The SMILES string of the molecule is COCCNc1ccc(C(=O)O)cc1S(=O)(=O)NCCC(C)C. The molecule has 0 saturated carbocycles. The number of hydrogen-bond donors (Lipinski definition) is 3. The van der Waals surface area contributed by atoms with E-state index in [-0.39, 0.29) is 10.5 Å². The summed E-state index contributed by atoms with van der Waals surface area (Å²) in [6.45, 7) is 5.11. The fourth-order valence-electron chi connectivity index (χ4n) is 1.87. The molecule has 3 N–H and O–H groups in total. The summed E-state index contributed by atoms with van der Waals surface area (Å²) in [4.78, 5) is 11.0. The Morgan fingerprint density at radius 2 is 2.00 bits per heavy atom. The van der Waals surface area contributed by atoms with Crippen LogP contribution in [0.25, 0.3) is 0 Å². The Kier molecular flexibility index (Phi) is 7.47. The number of sulfonamides is 1. The largest absolute Gasteiger partial charge is 0.478 e. The number of hydrogen-bond acceptors (Lipinski definition) is 5. The molecule has 0 aliphatic heterocycles. The first-order valence-electron chi connectivity index (χ1n) is 7.37. The maximum absolute atomic E-state index is 12.5. The molecular formula is C15H24N2O5S. The van der Waals surface area contributed by atoms with Crippen LogP contribution in [0.5, 0.6) is 0 Å². The van der Waals surface area contributed by atoms with Crippen molar-refractivity contribution in [1.29, 1.82) is 0 Å². The minimum absolute atomic E-state index is 0.0720. The maximum atomic E-state index is 12.5. The summed E-state index contributed by atoms with van der Waals surface area (Å²) in [5, 5.41) is 12.0. The van der Waals surface area contributed by atoms with Crippen molar-refractivity contribution in [3.8, 4) is 0 Å². The van der Waals surface area contributed by atoms with Gasteiger partial charge in [0.2, 0.25) is 10.0 Å². The molecular weight excluding hydrogens is 320 g/mol. The van der Waals surface area contributed by atoms with E-state index in [2.05, 4.69) is 10.0 Å². The lowest BCUT2D eigenvalue weighted by atomic mass is 10.1. The number of anilines is 1. The summed E-state index contributed by atoms with van der Waals surface area (Å²) in [6.07, 6.45) is 0.699. The maximum Gasteiger partial charge on any atom is 0.335 e. The van der Waals surface area contributed by atoms with Crippen LogP contribution in [0.3, 0.4) is 0 Å². The first kappa shape index (κ1) is 19.4. The predicted octanol–water partition coefficient (Wildman–Crippen LogP) is 1.77.